The quantitative estimate of drug-likeness (QED) is 0.660. The molecule has 0 aromatic heterocycles. The molecule has 0 atom stereocenters. The van der Waals surface area contributed by atoms with Gasteiger partial charge < -0.3 is 4.74 Å². The van der Waals surface area contributed by atoms with Crippen LogP contribution in [0.2, 0.25) is 10.0 Å². The number of carbonyl (C=O) groups excluding carboxylic acids is 1. The van der Waals surface area contributed by atoms with E-state index >= 15 is 0 Å². The molecule has 1 rings (SSSR count). The standard InChI is InChI=1S/C10H10BrCl2NO2/c11-2-1-3-16-10(15)14-9-5-7(12)4-8(13)6-9/h4-6H,1-3H2,(H,14,15). The summed E-state index contributed by atoms with van der Waals surface area (Å²) >= 11 is 14.8. The van der Waals surface area contributed by atoms with Crippen molar-refractivity contribution in [1.82, 2.24) is 0 Å². The summed E-state index contributed by atoms with van der Waals surface area (Å²) in [5.41, 5.74) is 0.515. The lowest BCUT2D eigenvalue weighted by Gasteiger charge is -2.06. The van der Waals surface area contributed by atoms with Crippen LogP contribution < -0.4 is 5.32 Å². The van der Waals surface area contributed by atoms with Crippen LogP contribution >= 0.6 is 39.1 Å². The van der Waals surface area contributed by atoms with E-state index in [1.807, 2.05) is 0 Å². The van der Waals surface area contributed by atoms with E-state index in [1.165, 1.54) is 0 Å². The van der Waals surface area contributed by atoms with Crippen molar-refractivity contribution in [3.63, 3.8) is 0 Å². The molecule has 0 aliphatic carbocycles. The zero-order valence-electron chi connectivity index (χ0n) is 8.30. The van der Waals surface area contributed by atoms with E-state index in [1.54, 1.807) is 18.2 Å². The molecule has 0 spiro atoms. The van der Waals surface area contributed by atoms with Crippen LogP contribution in [0.3, 0.4) is 0 Å². The van der Waals surface area contributed by atoms with Crippen molar-refractivity contribution in [3.8, 4) is 0 Å². The first-order valence-electron chi connectivity index (χ1n) is 4.57. The number of halogens is 3. The Morgan fingerprint density at radius 3 is 2.50 bits per heavy atom. The van der Waals surface area contributed by atoms with E-state index in [0.29, 0.717) is 22.3 Å². The van der Waals surface area contributed by atoms with Crippen molar-refractivity contribution in [1.29, 1.82) is 0 Å². The lowest BCUT2D eigenvalue weighted by Crippen LogP contribution is -2.14. The van der Waals surface area contributed by atoms with Crippen LogP contribution in [0.4, 0.5) is 10.5 Å². The predicted octanol–water partition coefficient (Wildman–Crippen LogP) is 4.33. The summed E-state index contributed by atoms with van der Waals surface area (Å²) in [6, 6.07) is 4.78. The molecular weight excluding hydrogens is 317 g/mol. The number of hydrogen-bond acceptors (Lipinski definition) is 2. The second kappa shape index (κ2) is 6.99. The molecule has 1 aromatic rings. The van der Waals surface area contributed by atoms with Crippen molar-refractivity contribution >= 4 is 50.9 Å². The molecule has 88 valence electrons. The van der Waals surface area contributed by atoms with Crippen LogP contribution in [0.25, 0.3) is 0 Å². The van der Waals surface area contributed by atoms with E-state index < -0.39 is 6.09 Å². The van der Waals surface area contributed by atoms with Crippen molar-refractivity contribution in [3.05, 3.63) is 28.2 Å². The monoisotopic (exact) mass is 325 g/mol. The first kappa shape index (κ1) is 13.6. The minimum Gasteiger partial charge on any atom is -0.449 e. The number of alkyl halides is 1. The smallest absolute Gasteiger partial charge is 0.411 e. The molecule has 1 aromatic carbocycles. The maximum absolute atomic E-state index is 11.3. The Hall–Kier alpha value is -0.450. The molecule has 0 bridgehead atoms. The van der Waals surface area contributed by atoms with Crippen LogP contribution in [0.15, 0.2) is 18.2 Å². The first-order valence-corrected chi connectivity index (χ1v) is 6.45. The molecule has 16 heavy (non-hydrogen) atoms. The van der Waals surface area contributed by atoms with E-state index in [-0.39, 0.29) is 0 Å². The maximum Gasteiger partial charge on any atom is 0.411 e. The minimum absolute atomic E-state index is 0.366. The van der Waals surface area contributed by atoms with E-state index in [9.17, 15) is 4.79 Å². The molecule has 1 amide bonds. The van der Waals surface area contributed by atoms with Crippen LogP contribution in [0.1, 0.15) is 6.42 Å². The summed E-state index contributed by atoms with van der Waals surface area (Å²) in [5.74, 6) is 0. The Kier molecular flexibility index (Phi) is 5.95. The summed E-state index contributed by atoms with van der Waals surface area (Å²) < 4.78 is 4.90. The summed E-state index contributed by atoms with van der Waals surface area (Å²) in [4.78, 5) is 11.3. The number of hydrogen-bond donors (Lipinski definition) is 1. The van der Waals surface area contributed by atoms with Crippen molar-refractivity contribution in [2.24, 2.45) is 0 Å². The number of nitrogens with one attached hydrogen (secondary N) is 1. The van der Waals surface area contributed by atoms with E-state index in [4.69, 9.17) is 27.9 Å². The third-order valence-electron chi connectivity index (χ3n) is 1.62. The van der Waals surface area contributed by atoms with Gasteiger partial charge in [0.15, 0.2) is 0 Å². The Bertz CT molecular complexity index is 354. The van der Waals surface area contributed by atoms with Gasteiger partial charge in [0.25, 0.3) is 0 Å². The van der Waals surface area contributed by atoms with Gasteiger partial charge in [-0.25, -0.2) is 4.79 Å². The fraction of sp³-hybridized carbons (Fsp3) is 0.300. The Morgan fingerprint density at radius 1 is 1.31 bits per heavy atom. The van der Waals surface area contributed by atoms with Crippen LogP contribution in [0.5, 0.6) is 0 Å². The molecule has 0 radical (unpaired) electrons. The molecule has 0 aliphatic rings. The van der Waals surface area contributed by atoms with E-state index in [2.05, 4.69) is 21.2 Å². The number of anilines is 1. The Morgan fingerprint density at radius 2 is 1.94 bits per heavy atom. The minimum atomic E-state index is -0.515. The predicted molar refractivity (Wildman–Crippen MR) is 69.8 cm³/mol. The fourth-order valence-electron chi connectivity index (χ4n) is 0.999. The molecule has 0 saturated carbocycles. The van der Waals surface area contributed by atoms with Gasteiger partial charge in [0.1, 0.15) is 0 Å². The molecule has 0 heterocycles. The van der Waals surface area contributed by atoms with Gasteiger partial charge in [-0.3, -0.25) is 5.32 Å². The first-order chi connectivity index (χ1) is 7.61. The van der Waals surface area contributed by atoms with Gasteiger partial charge in [-0.05, 0) is 24.6 Å². The molecule has 0 unspecified atom stereocenters. The zero-order valence-corrected chi connectivity index (χ0v) is 11.4. The van der Waals surface area contributed by atoms with Crippen molar-refractivity contribution in [2.75, 3.05) is 17.3 Å². The summed E-state index contributed by atoms with van der Waals surface area (Å²) in [7, 11) is 0. The largest absolute Gasteiger partial charge is 0.449 e. The highest BCUT2D eigenvalue weighted by molar-refractivity contribution is 9.09. The summed E-state index contributed by atoms with van der Waals surface area (Å²) in [5, 5.41) is 4.25. The number of carbonyl (C=O) groups is 1. The van der Waals surface area contributed by atoms with Gasteiger partial charge in [0, 0.05) is 21.1 Å². The molecule has 3 nitrogen and oxygen atoms in total. The lowest BCUT2D eigenvalue weighted by atomic mass is 10.3. The number of rotatable bonds is 4. The highest BCUT2D eigenvalue weighted by Crippen LogP contribution is 2.22. The van der Waals surface area contributed by atoms with Gasteiger partial charge in [0.05, 0.1) is 6.61 Å². The normalized spacial score (nSPS) is 9.94. The van der Waals surface area contributed by atoms with Crippen molar-refractivity contribution < 1.29 is 9.53 Å². The van der Waals surface area contributed by atoms with Crippen molar-refractivity contribution in [2.45, 2.75) is 6.42 Å². The van der Waals surface area contributed by atoms with Gasteiger partial charge in [-0.15, -0.1) is 0 Å². The topological polar surface area (TPSA) is 38.3 Å². The second-order valence-electron chi connectivity index (χ2n) is 2.96. The average molecular weight is 327 g/mol. The zero-order chi connectivity index (χ0) is 12.0. The molecular formula is C10H10BrCl2NO2. The highest BCUT2D eigenvalue weighted by atomic mass is 79.9. The van der Waals surface area contributed by atoms with Gasteiger partial charge in [-0.2, -0.15) is 0 Å². The van der Waals surface area contributed by atoms with E-state index in [0.717, 1.165) is 11.8 Å². The maximum atomic E-state index is 11.3. The third-order valence-corrected chi connectivity index (χ3v) is 2.62. The van der Waals surface area contributed by atoms with Gasteiger partial charge >= 0.3 is 6.09 Å². The average Bonchev–Trinajstić information content (AvgIpc) is 2.16. The molecule has 6 heteroatoms. The highest BCUT2D eigenvalue weighted by Gasteiger charge is 2.04. The molecule has 1 N–H and O–H groups in total. The van der Waals surface area contributed by atoms with Crippen LogP contribution in [-0.4, -0.2) is 18.0 Å². The molecule has 0 aliphatic heterocycles. The summed E-state index contributed by atoms with van der Waals surface area (Å²) in [6.45, 7) is 0.366. The lowest BCUT2D eigenvalue weighted by molar-refractivity contribution is 0.162. The van der Waals surface area contributed by atoms with Gasteiger partial charge in [0.2, 0.25) is 0 Å². The molecule has 0 saturated heterocycles. The third kappa shape index (κ3) is 5.05. The number of amides is 1. The molecule has 0 fully saturated rings. The SMILES string of the molecule is O=C(Nc1cc(Cl)cc(Cl)c1)OCCCBr. The fourth-order valence-corrected chi connectivity index (χ4v) is 1.75. The van der Waals surface area contributed by atoms with Gasteiger partial charge in [-0.1, -0.05) is 39.1 Å². The number of ether oxygens (including phenoxy) is 1. The summed E-state index contributed by atoms with van der Waals surface area (Å²) in [6.07, 6.45) is 0.253. The van der Waals surface area contributed by atoms with Crippen LogP contribution in [-0.2, 0) is 4.74 Å². The Balaban J connectivity index is 2.49. The van der Waals surface area contributed by atoms with Crippen LogP contribution in [0, 0.1) is 0 Å². The Labute approximate surface area is 112 Å². The number of benzene rings is 1. The second-order valence-corrected chi connectivity index (χ2v) is 4.63.